The van der Waals surface area contributed by atoms with Gasteiger partial charge in [-0.1, -0.05) is 154 Å². The van der Waals surface area contributed by atoms with Crippen LogP contribution in [0.1, 0.15) is 194 Å². The predicted molar refractivity (Wildman–Crippen MR) is 210 cm³/mol. The summed E-state index contributed by atoms with van der Waals surface area (Å²) in [5.74, 6) is -0.412. The lowest BCUT2D eigenvalue weighted by Gasteiger charge is -2.20. The summed E-state index contributed by atoms with van der Waals surface area (Å²) in [5.41, 5.74) is 0. The Morgan fingerprint density at radius 2 is 1.00 bits per heavy atom. The first kappa shape index (κ1) is 49.8. The highest BCUT2D eigenvalue weighted by molar-refractivity contribution is 7.47. The van der Waals surface area contributed by atoms with E-state index >= 15 is 0 Å². The van der Waals surface area contributed by atoms with E-state index in [1.165, 1.54) is 122 Å². The van der Waals surface area contributed by atoms with Crippen LogP contribution in [0.15, 0.2) is 24.5 Å². The van der Waals surface area contributed by atoms with Crippen molar-refractivity contribution in [3.05, 3.63) is 24.5 Å². The number of phosphoric ester groups is 1. The van der Waals surface area contributed by atoms with Gasteiger partial charge < -0.3 is 24.6 Å². The highest BCUT2D eigenvalue weighted by atomic mass is 31.2. The molecule has 0 spiro atoms. The molecule has 302 valence electrons. The number of carbonyl (C=O) groups is 1. The maximum atomic E-state index is 12.6. The minimum atomic E-state index is -4.53. The zero-order chi connectivity index (χ0) is 37.5. The molecule has 0 heterocycles. The van der Waals surface area contributed by atoms with Crippen LogP contribution in [0.5, 0.6) is 0 Å². The molecule has 0 aliphatic heterocycles. The fraction of sp³-hybridized carbons (Fsp3) is 0.878. The molecule has 0 aromatic carbocycles. The normalized spacial score (nSPS) is 14.3. The van der Waals surface area contributed by atoms with Gasteiger partial charge in [-0.2, -0.15) is 0 Å². The first-order chi connectivity index (χ1) is 24.8. The van der Waals surface area contributed by atoms with Crippen LogP contribution in [0.3, 0.4) is 0 Å². The van der Waals surface area contributed by atoms with Crippen molar-refractivity contribution < 1.29 is 43.0 Å². The SMILES string of the molecule is CCCCCCCCC/C=C\CCCCCCCC(=O)O[C@H](CO/C=C\CCCCCCCCCCCCCC)COP(=O)(O)OC[C@@H](O)CO. The van der Waals surface area contributed by atoms with Crippen molar-refractivity contribution in [2.75, 3.05) is 26.4 Å². The van der Waals surface area contributed by atoms with E-state index in [1.807, 2.05) is 6.08 Å². The van der Waals surface area contributed by atoms with Crippen LogP contribution in [-0.2, 0) is 27.9 Å². The van der Waals surface area contributed by atoms with Gasteiger partial charge in [-0.05, 0) is 51.0 Å². The fourth-order valence-electron chi connectivity index (χ4n) is 5.73. The summed E-state index contributed by atoms with van der Waals surface area (Å²) < 4.78 is 33.1. The van der Waals surface area contributed by atoms with Crippen molar-refractivity contribution in [1.29, 1.82) is 0 Å². The molecule has 0 aromatic rings. The molecule has 3 atom stereocenters. The molecular formula is C41H79O9P. The number of ether oxygens (including phenoxy) is 2. The van der Waals surface area contributed by atoms with Crippen molar-refractivity contribution in [3.8, 4) is 0 Å². The third-order valence-corrected chi connectivity index (χ3v) is 9.90. The first-order valence-electron chi connectivity index (χ1n) is 20.9. The van der Waals surface area contributed by atoms with Gasteiger partial charge in [0.1, 0.15) is 12.7 Å². The molecule has 0 fully saturated rings. The second-order valence-electron chi connectivity index (χ2n) is 14.1. The van der Waals surface area contributed by atoms with Gasteiger partial charge in [0, 0.05) is 6.42 Å². The number of esters is 1. The van der Waals surface area contributed by atoms with Crippen molar-refractivity contribution in [2.24, 2.45) is 0 Å². The van der Waals surface area contributed by atoms with Crippen molar-refractivity contribution in [3.63, 3.8) is 0 Å². The summed E-state index contributed by atoms with van der Waals surface area (Å²) >= 11 is 0. The molecule has 0 bridgehead atoms. The van der Waals surface area contributed by atoms with Gasteiger partial charge in [0.25, 0.3) is 0 Å². The Kier molecular flexibility index (Phi) is 37.6. The molecule has 9 nitrogen and oxygen atoms in total. The van der Waals surface area contributed by atoms with E-state index in [0.717, 1.165) is 44.9 Å². The summed E-state index contributed by atoms with van der Waals surface area (Å²) in [6.45, 7) is 2.88. The second kappa shape index (κ2) is 38.5. The van der Waals surface area contributed by atoms with Crippen molar-refractivity contribution in [2.45, 2.75) is 206 Å². The highest BCUT2D eigenvalue weighted by Gasteiger charge is 2.26. The van der Waals surface area contributed by atoms with Crippen LogP contribution in [0, 0.1) is 0 Å². The van der Waals surface area contributed by atoms with E-state index in [2.05, 4.69) is 26.0 Å². The van der Waals surface area contributed by atoms with Crippen LogP contribution < -0.4 is 0 Å². The van der Waals surface area contributed by atoms with E-state index in [4.69, 9.17) is 23.6 Å². The number of hydrogen-bond donors (Lipinski definition) is 3. The van der Waals surface area contributed by atoms with Gasteiger partial charge in [-0.15, -0.1) is 0 Å². The van der Waals surface area contributed by atoms with E-state index in [0.29, 0.717) is 6.42 Å². The minimum Gasteiger partial charge on any atom is -0.498 e. The Labute approximate surface area is 313 Å². The molecular weight excluding hydrogens is 667 g/mol. The maximum absolute atomic E-state index is 12.6. The van der Waals surface area contributed by atoms with E-state index < -0.39 is 45.8 Å². The zero-order valence-electron chi connectivity index (χ0n) is 32.8. The third kappa shape index (κ3) is 38.3. The van der Waals surface area contributed by atoms with Crippen molar-refractivity contribution in [1.82, 2.24) is 0 Å². The maximum Gasteiger partial charge on any atom is 0.472 e. The Morgan fingerprint density at radius 3 is 1.47 bits per heavy atom. The number of rotatable bonds is 40. The minimum absolute atomic E-state index is 0.0353. The lowest BCUT2D eigenvalue weighted by molar-refractivity contribution is -0.153. The molecule has 3 N–H and O–H groups in total. The number of carbonyl (C=O) groups excluding carboxylic acids is 1. The molecule has 1 unspecified atom stereocenters. The lowest BCUT2D eigenvalue weighted by atomic mass is 10.0. The van der Waals surface area contributed by atoms with Gasteiger partial charge in [0.2, 0.25) is 0 Å². The first-order valence-corrected chi connectivity index (χ1v) is 22.4. The van der Waals surface area contributed by atoms with Gasteiger partial charge in [0.05, 0.1) is 26.1 Å². The highest BCUT2D eigenvalue weighted by Crippen LogP contribution is 2.43. The Morgan fingerprint density at radius 1 is 0.588 bits per heavy atom. The van der Waals surface area contributed by atoms with Crippen LogP contribution >= 0.6 is 7.82 Å². The number of aliphatic hydroxyl groups excluding tert-OH is 2. The quantitative estimate of drug-likeness (QED) is 0.0184. The fourth-order valence-corrected chi connectivity index (χ4v) is 6.52. The molecule has 0 amide bonds. The molecule has 0 saturated carbocycles. The number of unbranched alkanes of at least 4 members (excludes halogenated alkanes) is 24. The lowest BCUT2D eigenvalue weighted by Crippen LogP contribution is -2.28. The van der Waals surface area contributed by atoms with E-state index in [-0.39, 0.29) is 13.0 Å². The molecule has 10 heteroatoms. The average Bonchev–Trinajstić information content (AvgIpc) is 3.12. The summed E-state index contributed by atoms with van der Waals surface area (Å²) in [6, 6.07) is 0. The molecule has 0 radical (unpaired) electrons. The molecule has 0 aromatic heterocycles. The second-order valence-corrected chi connectivity index (χ2v) is 15.5. The summed E-state index contributed by atoms with van der Waals surface area (Å²) in [7, 11) is -4.53. The van der Waals surface area contributed by atoms with Crippen molar-refractivity contribution >= 4 is 13.8 Å². The van der Waals surface area contributed by atoms with E-state index in [1.54, 1.807) is 6.26 Å². The molecule has 0 aliphatic rings. The number of aliphatic hydroxyl groups is 2. The van der Waals surface area contributed by atoms with E-state index in [9.17, 15) is 19.4 Å². The van der Waals surface area contributed by atoms with Crippen LogP contribution in [0.2, 0.25) is 0 Å². The Balaban J connectivity index is 4.25. The number of allylic oxidation sites excluding steroid dienone is 3. The molecule has 0 rings (SSSR count). The van der Waals surface area contributed by atoms with Crippen LogP contribution in [0.25, 0.3) is 0 Å². The summed E-state index contributed by atoms with van der Waals surface area (Å²) in [6.07, 6.45) is 39.3. The Bertz CT molecular complexity index is 851. The molecule has 0 saturated heterocycles. The monoisotopic (exact) mass is 747 g/mol. The third-order valence-electron chi connectivity index (χ3n) is 8.95. The van der Waals surface area contributed by atoms with Crippen LogP contribution in [-0.4, -0.2) is 59.7 Å². The van der Waals surface area contributed by atoms with Gasteiger partial charge in [0.15, 0.2) is 6.10 Å². The van der Waals surface area contributed by atoms with Crippen LogP contribution in [0.4, 0.5) is 0 Å². The van der Waals surface area contributed by atoms with Gasteiger partial charge in [-0.3, -0.25) is 13.8 Å². The largest absolute Gasteiger partial charge is 0.498 e. The standard InChI is InChI=1S/C41H79O9P/c1-3-5-7-9-11-13-15-17-19-20-21-23-25-27-29-31-33-41(44)50-40(38-49-51(45,46)48-36-39(43)35-42)37-47-34-32-30-28-26-24-22-18-16-14-12-10-8-6-4-2/h19-20,32,34,39-40,42-43H,3-18,21-31,33,35-38H2,1-2H3,(H,45,46)/b20-19-,34-32-/t39-,40+/m0/s1. The number of phosphoric acid groups is 1. The number of hydrogen-bond acceptors (Lipinski definition) is 8. The zero-order valence-corrected chi connectivity index (χ0v) is 33.7. The van der Waals surface area contributed by atoms with Gasteiger partial charge >= 0.3 is 13.8 Å². The molecule has 0 aliphatic carbocycles. The molecule has 51 heavy (non-hydrogen) atoms. The smallest absolute Gasteiger partial charge is 0.472 e. The predicted octanol–water partition coefficient (Wildman–Crippen LogP) is 11.4. The Hall–Kier alpha value is -1.22. The summed E-state index contributed by atoms with van der Waals surface area (Å²) in [4.78, 5) is 22.5. The average molecular weight is 747 g/mol. The van der Waals surface area contributed by atoms with Gasteiger partial charge in [-0.25, -0.2) is 4.57 Å². The topological polar surface area (TPSA) is 132 Å². The summed E-state index contributed by atoms with van der Waals surface area (Å²) in [5, 5.41) is 18.3.